The summed E-state index contributed by atoms with van der Waals surface area (Å²) in [7, 11) is 0. The summed E-state index contributed by atoms with van der Waals surface area (Å²) in [6.07, 6.45) is -0.628. The van der Waals surface area contributed by atoms with Crippen molar-refractivity contribution in [3.05, 3.63) is 33.4 Å². The molecule has 1 aromatic rings. The van der Waals surface area contributed by atoms with E-state index in [0.29, 0.717) is 5.56 Å². The lowest BCUT2D eigenvalue weighted by atomic mass is 10.2. The quantitative estimate of drug-likeness (QED) is 0.711. The van der Waals surface area contributed by atoms with Crippen molar-refractivity contribution < 1.29 is 9.90 Å². The molecule has 0 saturated carbocycles. The fraction of sp³-hybridized carbons (Fsp3) is 0.364. The number of amides is 1. The molecule has 1 aromatic carbocycles. The molecular formula is C11H15IN2O2. The molecule has 0 aromatic heterocycles. The maximum absolute atomic E-state index is 11.6. The third-order valence-electron chi connectivity index (χ3n) is 2.22. The number of aliphatic hydroxyl groups is 1. The first kappa shape index (κ1) is 13.4. The molecule has 1 rings (SSSR count). The predicted molar refractivity (Wildman–Crippen MR) is 71.1 cm³/mol. The average molecular weight is 334 g/mol. The minimum atomic E-state index is -0.628. The Bertz CT molecular complexity index is 352. The Morgan fingerprint density at radius 3 is 2.56 bits per heavy atom. The zero-order valence-corrected chi connectivity index (χ0v) is 11.1. The van der Waals surface area contributed by atoms with E-state index in [4.69, 9.17) is 10.8 Å². The van der Waals surface area contributed by atoms with Crippen molar-refractivity contribution in [2.75, 3.05) is 6.54 Å². The number of aliphatic hydroxyl groups excluding tert-OH is 1. The number of rotatable bonds is 4. The highest BCUT2D eigenvalue weighted by Crippen LogP contribution is 2.06. The summed E-state index contributed by atoms with van der Waals surface area (Å²) < 4.78 is 1.08. The molecule has 5 heteroatoms. The molecule has 2 atom stereocenters. The van der Waals surface area contributed by atoms with Gasteiger partial charge in [0.1, 0.15) is 0 Å². The van der Waals surface area contributed by atoms with Crippen LogP contribution in [0.5, 0.6) is 0 Å². The van der Waals surface area contributed by atoms with Gasteiger partial charge < -0.3 is 16.2 Å². The topological polar surface area (TPSA) is 75.3 Å². The van der Waals surface area contributed by atoms with E-state index in [0.717, 1.165) is 3.57 Å². The van der Waals surface area contributed by atoms with Crippen molar-refractivity contribution in [3.8, 4) is 0 Å². The van der Waals surface area contributed by atoms with Crippen LogP contribution in [-0.4, -0.2) is 29.7 Å². The third kappa shape index (κ3) is 4.07. The molecule has 4 N–H and O–H groups in total. The molecule has 88 valence electrons. The lowest BCUT2D eigenvalue weighted by Crippen LogP contribution is -2.43. The fourth-order valence-corrected chi connectivity index (χ4v) is 1.44. The number of benzene rings is 1. The molecule has 0 bridgehead atoms. The van der Waals surface area contributed by atoms with Crippen molar-refractivity contribution in [3.63, 3.8) is 0 Å². The van der Waals surface area contributed by atoms with E-state index in [1.165, 1.54) is 0 Å². The Kier molecular flexibility index (Phi) is 5.17. The Morgan fingerprint density at radius 1 is 1.50 bits per heavy atom. The first-order valence-corrected chi connectivity index (χ1v) is 6.06. The third-order valence-corrected chi connectivity index (χ3v) is 2.94. The summed E-state index contributed by atoms with van der Waals surface area (Å²) in [6, 6.07) is 6.80. The lowest BCUT2D eigenvalue weighted by molar-refractivity contribution is 0.0937. The molecule has 0 aliphatic carbocycles. The van der Waals surface area contributed by atoms with Crippen LogP contribution in [0, 0.1) is 3.57 Å². The van der Waals surface area contributed by atoms with E-state index in [-0.39, 0.29) is 12.5 Å². The van der Waals surface area contributed by atoms with E-state index in [1.807, 2.05) is 12.1 Å². The van der Waals surface area contributed by atoms with Crippen LogP contribution in [0.2, 0.25) is 0 Å². The number of nitrogens with one attached hydrogen (secondary N) is 1. The van der Waals surface area contributed by atoms with Gasteiger partial charge in [0.05, 0.1) is 6.10 Å². The number of carbonyl (C=O) groups excluding carboxylic acids is 1. The van der Waals surface area contributed by atoms with E-state index >= 15 is 0 Å². The number of nitrogens with two attached hydrogens (primary N) is 1. The molecule has 0 saturated heterocycles. The highest BCUT2D eigenvalue weighted by Gasteiger charge is 2.11. The van der Waals surface area contributed by atoms with Gasteiger partial charge in [-0.1, -0.05) is 0 Å². The first-order valence-electron chi connectivity index (χ1n) is 4.98. The Morgan fingerprint density at radius 2 is 2.06 bits per heavy atom. The molecule has 16 heavy (non-hydrogen) atoms. The van der Waals surface area contributed by atoms with Gasteiger partial charge in [-0.2, -0.15) is 0 Å². The van der Waals surface area contributed by atoms with Crippen molar-refractivity contribution in [2.45, 2.75) is 19.1 Å². The number of hydrogen-bond donors (Lipinski definition) is 3. The van der Waals surface area contributed by atoms with Crippen LogP contribution < -0.4 is 11.1 Å². The van der Waals surface area contributed by atoms with Gasteiger partial charge in [-0.15, -0.1) is 0 Å². The molecule has 0 spiro atoms. The molecule has 0 fully saturated rings. The van der Waals surface area contributed by atoms with Crippen molar-refractivity contribution in [1.82, 2.24) is 5.32 Å². The van der Waals surface area contributed by atoms with E-state index in [2.05, 4.69) is 27.9 Å². The molecule has 2 unspecified atom stereocenters. The maximum atomic E-state index is 11.6. The van der Waals surface area contributed by atoms with Crippen LogP contribution in [0.15, 0.2) is 24.3 Å². The summed E-state index contributed by atoms with van der Waals surface area (Å²) in [6.45, 7) is 1.87. The Labute approximate surface area is 108 Å². The summed E-state index contributed by atoms with van der Waals surface area (Å²) >= 11 is 2.18. The minimum absolute atomic E-state index is 0.174. The second-order valence-corrected chi connectivity index (χ2v) is 4.87. The van der Waals surface area contributed by atoms with Gasteiger partial charge in [-0.3, -0.25) is 4.79 Å². The van der Waals surface area contributed by atoms with Crippen molar-refractivity contribution >= 4 is 28.5 Å². The first-order chi connectivity index (χ1) is 7.50. The van der Waals surface area contributed by atoms with Crippen LogP contribution in [0.25, 0.3) is 0 Å². The standard InChI is InChI=1S/C11H15IN2O2/c1-7(15)10(13)6-14-11(16)8-2-4-9(12)5-3-8/h2-5,7,10,15H,6,13H2,1H3,(H,14,16). The van der Waals surface area contributed by atoms with Gasteiger partial charge in [0, 0.05) is 21.7 Å². The van der Waals surface area contributed by atoms with Crippen LogP contribution in [0.3, 0.4) is 0 Å². The van der Waals surface area contributed by atoms with Crippen LogP contribution in [-0.2, 0) is 0 Å². The molecule has 0 aliphatic heterocycles. The highest BCUT2D eigenvalue weighted by molar-refractivity contribution is 14.1. The van der Waals surface area contributed by atoms with Gasteiger partial charge in [-0.25, -0.2) is 0 Å². The van der Waals surface area contributed by atoms with Gasteiger partial charge in [0.15, 0.2) is 0 Å². The van der Waals surface area contributed by atoms with Crippen LogP contribution >= 0.6 is 22.6 Å². The molecule has 0 aliphatic rings. The lowest BCUT2D eigenvalue weighted by Gasteiger charge is -2.15. The summed E-state index contributed by atoms with van der Waals surface area (Å²) in [5.41, 5.74) is 6.20. The summed E-state index contributed by atoms with van der Waals surface area (Å²) in [5, 5.41) is 11.8. The molecule has 1 amide bonds. The molecule has 0 heterocycles. The van der Waals surface area contributed by atoms with Crippen molar-refractivity contribution in [1.29, 1.82) is 0 Å². The normalized spacial score (nSPS) is 14.2. The van der Waals surface area contributed by atoms with Gasteiger partial charge in [0.25, 0.3) is 5.91 Å². The molecule has 0 radical (unpaired) electrons. The zero-order chi connectivity index (χ0) is 12.1. The monoisotopic (exact) mass is 334 g/mol. The molecular weight excluding hydrogens is 319 g/mol. The Balaban J connectivity index is 2.50. The largest absolute Gasteiger partial charge is 0.392 e. The van der Waals surface area contributed by atoms with E-state index in [1.54, 1.807) is 19.1 Å². The van der Waals surface area contributed by atoms with Gasteiger partial charge in [-0.05, 0) is 53.8 Å². The van der Waals surface area contributed by atoms with Crippen LogP contribution in [0.4, 0.5) is 0 Å². The summed E-state index contributed by atoms with van der Waals surface area (Å²) in [4.78, 5) is 11.6. The number of carbonyl (C=O) groups is 1. The fourth-order valence-electron chi connectivity index (χ4n) is 1.08. The van der Waals surface area contributed by atoms with E-state index in [9.17, 15) is 4.79 Å². The second-order valence-electron chi connectivity index (χ2n) is 3.62. The average Bonchev–Trinajstić information content (AvgIpc) is 2.26. The van der Waals surface area contributed by atoms with Crippen LogP contribution in [0.1, 0.15) is 17.3 Å². The number of halogens is 1. The predicted octanol–water partition coefficient (Wildman–Crippen LogP) is 0.729. The Hall–Kier alpha value is -0.660. The minimum Gasteiger partial charge on any atom is -0.392 e. The summed E-state index contributed by atoms with van der Waals surface area (Å²) in [5.74, 6) is -0.174. The zero-order valence-electron chi connectivity index (χ0n) is 8.98. The van der Waals surface area contributed by atoms with E-state index < -0.39 is 12.1 Å². The number of hydrogen-bond acceptors (Lipinski definition) is 3. The van der Waals surface area contributed by atoms with Crippen molar-refractivity contribution in [2.24, 2.45) is 5.73 Å². The van der Waals surface area contributed by atoms with Gasteiger partial charge in [0.2, 0.25) is 0 Å². The van der Waals surface area contributed by atoms with Gasteiger partial charge >= 0.3 is 0 Å². The highest BCUT2D eigenvalue weighted by atomic mass is 127. The second kappa shape index (κ2) is 6.17. The maximum Gasteiger partial charge on any atom is 0.251 e. The smallest absolute Gasteiger partial charge is 0.251 e. The molecule has 4 nitrogen and oxygen atoms in total. The SMILES string of the molecule is CC(O)C(N)CNC(=O)c1ccc(I)cc1.